The molecule has 4 nitrogen and oxygen atoms in total. The summed E-state index contributed by atoms with van der Waals surface area (Å²) < 4.78 is 24.3. The first-order valence-electron chi connectivity index (χ1n) is 4.23. The number of sulfonamides is 1. The van der Waals surface area contributed by atoms with Crippen molar-refractivity contribution in [2.75, 3.05) is 19.3 Å². The van der Waals surface area contributed by atoms with Crippen LogP contribution in [0.2, 0.25) is 0 Å². The molecule has 0 amide bonds. The molecule has 0 atom stereocenters. The minimum atomic E-state index is -3.06. The van der Waals surface area contributed by atoms with Crippen molar-refractivity contribution in [3.63, 3.8) is 0 Å². The summed E-state index contributed by atoms with van der Waals surface area (Å²) in [5.74, 6) is 0.0694. The largest absolute Gasteiger partial charge is 0.329 e. The van der Waals surface area contributed by atoms with Gasteiger partial charge in [0.25, 0.3) is 0 Å². The van der Waals surface area contributed by atoms with Crippen LogP contribution in [0.5, 0.6) is 0 Å². The molecule has 0 aromatic rings. The van der Waals surface area contributed by atoms with Crippen LogP contribution in [0, 0.1) is 0 Å². The Morgan fingerprint density at radius 2 is 2.08 bits per heavy atom. The molecule has 1 rings (SSSR count). The lowest BCUT2D eigenvalue weighted by Gasteiger charge is -2.33. The fourth-order valence-electron chi connectivity index (χ4n) is 1.27. The number of hydrogen-bond acceptors (Lipinski definition) is 3. The van der Waals surface area contributed by atoms with Gasteiger partial charge in [-0.2, -0.15) is 0 Å². The second kappa shape index (κ2) is 3.72. The van der Waals surface area contributed by atoms with Crippen molar-refractivity contribution in [1.82, 2.24) is 4.31 Å². The Morgan fingerprint density at radius 3 is 2.42 bits per heavy atom. The first-order chi connectivity index (χ1) is 5.58. The van der Waals surface area contributed by atoms with Gasteiger partial charge in [-0.3, -0.25) is 0 Å². The molecule has 2 N–H and O–H groups in total. The Kier molecular flexibility index (Phi) is 3.09. The molecule has 1 saturated carbocycles. The van der Waals surface area contributed by atoms with Gasteiger partial charge in [0.05, 0.1) is 5.75 Å². The standard InChI is InChI=1S/C7H16N2O2S/c1-9(7-3-2-4-7)12(10,11)6-5-8/h7H,2-6,8H2,1H3. The highest BCUT2D eigenvalue weighted by Crippen LogP contribution is 2.25. The quantitative estimate of drug-likeness (QED) is 0.668. The number of rotatable bonds is 4. The van der Waals surface area contributed by atoms with Crippen molar-refractivity contribution < 1.29 is 8.42 Å². The van der Waals surface area contributed by atoms with Crippen LogP contribution in [0.25, 0.3) is 0 Å². The SMILES string of the molecule is CN(C1CCC1)S(=O)(=O)CCN. The molecule has 1 aliphatic rings. The van der Waals surface area contributed by atoms with Crippen molar-refractivity contribution in [3.05, 3.63) is 0 Å². The summed E-state index contributed by atoms with van der Waals surface area (Å²) in [6, 6.07) is 0.238. The molecule has 0 aliphatic heterocycles. The van der Waals surface area contributed by atoms with Gasteiger partial charge in [0.2, 0.25) is 10.0 Å². The third kappa shape index (κ3) is 1.97. The molecule has 0 radical (unpaired) electrons. The molecule has 0 spiro atoms. The predicted octanol–water partition coefficient (Wildman–Crippen LogP) is -0.241. The minimum Gasteiger partial charge on any atom is -0.329 e. The zero-order valence-electron chi connectivity index (χ0n) is 7.36. The summed E-state index contributed by atoms with van der Waals surface area (Å²) >= 11 is 0. The summed E-state index contributed by atoms with van der Waals surface area (Å²) in [5.41, 5.74) is 5.21. The lowest BCUT2D eigenvalue weighted by Crippen LogP contribution is -2.43. The van der Waals surface area contributed by atoms with E-state index in [9.17, 15) is 8.42 Å². The topological polar surface area (TPSA) is 63.4 Å². The summed E-state index contributed by atoms with van der Waals surface area (Å²) in [5, 5.41) is 0. The number of hydrogen-bond donors (Lipinski definition) is 1. The van der Waals surface area contributed by atoms with Crippen molar-refractivity contribution in [2.24, 2.45) is 5.73 Å². The van der Waals surface area contributed by atoms with Crippen LogP contribution in [0.4, 0.5) is 0 Å². The summed E-state index contributed by atoms with van der Waals surface area (Å²) in [6.45, 7) is 0.208. The van der Waals surface area contributed by atoms with E-state index in [0.29, 0.717) is 0 Å². The van der Waals surface area contributed by atoms with E-state index in [-0.39, 0.29) is 18.3 Å². The van der Waals surface area contributed by atoms with Gasteiger partial charge in [-0.05, 0) is 12.8 Å². The summed E-state index contributed by atoms with van der Waals surface area (Å²) in [7, 11) is -1.41. The smallest absolute Gasteiger partial charge is 0.215 e. The molecule has 0 saturated heterocycles. The molecule has 0 aromatic carbocycles. The Morgan fingerprint density at radius 1 is 1.50 bits per heavy atom. The Labute approximate surface area is 73.8 Å². The highest BCUT2D eigenvalue weighted by molar-refractivity contribution is 7.89. The molecule has 72 valence electrons. The molecule has 0 bridgehead atoms. The maximum Gasteiger partial charge on any atom is 0.215 e. The summed E-state index contributed by atoms with van der Waals surface area (Å²) in [6.07, 6.45) is 3.15. The molecular formula is C7H16N2O2S. The van der Waals surface area contributed by atoms with E-state index in [1.807, 2.05) is 0 Å². The molecule has 5 heteroatoms. The van der Waals surface area contributed by atoms with Gasteiger partial charge in [0.1, 0.15) is 0 Å². The van der Waals surface area contributed by atoms with Crippen molar-refractivity contribution >= 4 is 10.0 Å². The zero-order chi connectivity index (χ0) is 9.19. The van der Waals surface area contributed by atoms with Gasteiger partial charge < -0.3 is 5.73 Å². The molecule has 0 unspecified atom stereocenters. The minimum absolute atomic E-state index is 0.0694. The summed E-state index contributed by atoms with van der Waals surface area (Å²) in [4.78, 5) is 0. The van der Waals surface area contributed by atoms with Crippen molar-refractivity contribution in [2.45, 2.75) is 25.3 Å². The number of nitrogens with two attached hydrogens (primary N) is 1. The second-order valence-corrected chi connectivity index (χ2v) is 5.35. The fraction of sp³-hybridized carbons (Fsp3) is 1.00. The molecule has 0 heterocycles. The van der Waals surface area contributed by atoms with Gasteiger partial charge in [-0.25, -0.2) is 12.7 Å². The van der Waals surface area contributed by atoms with Crippen LogP contribution < -0.4 is 5.73 Å². The zero-order valence-corrected chi connectivity index (χ0v) is 8.18. The molecule has 1 fully saturated rings. The highest BCUT2D eigenvalue weighted by Gasteiger charge is 2.29. The van der Waals surface area contributed by atoms with E-state index < -0.39 is 10.0 Å². The first-order valence-corrected chi connectivity index (χ1v) is 5.84. The third-order valence-corrected chi connectivity index (χ3v) is 4.33. The van der Waals surface area contributed by atoms with Gasteiger partial charge in [0, 0.05) is 19.6 Å². The fourth-order valence-corrected chi connectivity index (χ4v) is 2.52. The third-order valence-electron chi connectivity index (χ3n) is 2.40. The van der Waals surface area contributed by atoms with Crippen LogP contribution >= 0.6 is 0 Å². The van der Waals surface area contributed by atoms with Gasteiger partial charge in [0.15, 0.2) is 0 Å². The van der Waals surface area contributed by atoms with Gasteiger partial charge in [-0.1, -0.05) is 6.42 Å². The van der Waals surface area contributed by atoms with E-state index >= 15 is 0 Å². The number of nitrogens with zero attached hydrogens (tertiary/aromatic N) is 1. The van der Waals surface area contributed by atoms with E-state index in [4.69, 9.17) is 5.73 Å². The normalized spacial score (nSPS) is 19.6. The van der Waals surface area contributed by atoms with Crippen molar-refractivity contribution in [3.8, 4) is 0 Å². The lowest BCUT2D eigenvalue weighted by molar-refractivity contribution is 0.250. The van der Waals surface area contributed by atoms with Crippen LogP contribution in [0.1, 0.15) is 19.3 Å². The molecular weight excluding hydrogens is 176 g/mol. The molecule has 12 heavy (non-hydrogen) atoms. The lowest BCUT2D eigenvalue weighted by atomic mass is 9.94. The van der Waals surface area contributed by atoms with Crippen LogP contribution in [0.3, 0.4) is 0 Å². The van der Waals surface area contributed by atoms with Crippen LogP contribution in [0.15, 0.2) is 0 Å². The van der Waals surface area contributed by atoms with E-state index in [1.165, 1.54) is 4.31 Å². The van der Waals surface area contributed by atoms with E-state index in [2.05, 4.69) is 0 Å². The highest BCUT2D eigenvalue weighted by atomic mass is 32.2. The van der Waals surface area contributed by atoms with E-state index in [0.717, 1.165) is 19.3 Å². The Hall–Kier alpha value is -0.130. The van der Waals surface area contributed by atoms with E-state index in [1.54, 1.807) is 7.05 Å². The molecule has 0 aromatic heterocycles. The van der Waals surface area contributed by atoms with Crippen LogP contribution in [-0.4, -0.2) is 38.1 Å². The maximum atomic E-state index is 11.4. The Balaban J connectivity index is 2.54. The average Bonchev–Trinajstić information content (AvgIpc) is 1.83. The molecule has 1 aliphatic carbocycles. The van der Waals surface area contributed by atoms with Gasteiger partial charge >= 0.3 is 0 Å². The first kappa shape index (κ1) is 9.95. The van der Waals surface area contributed by atoms with Crippen LogP contribution in [-0.2, 0) is 10.0 Å². The maximum absolute atomic E-state index is 11.4. The predicted molar refractivity (Wildman–Crippen MR) is 48.2 cm³/mol. The Bertz CT molecular complexity index is 234. The second-order valence-electron chi connectivity index (χ2n) is 3.21. The monoisotopic (exact) mass is 192 g/mol. The van der Waals surface area contributed by atoms with Crippen molar-refractivity contribution in [1.29, 1.82) is 0 Å². The van der Waals surface area contributed by atoms with Gasteiger partial charge in [-0.15, -0.1) is 0 Å². The average molecular weight is 192 g/mol.